The first-order valence-corrected chi connectivity index (χ1v) is 11.2. The second-order valence-electron chi connectivity index (χ2n) is 8.39. The monoisotopic (exact) mass is 551 g/mol. The number of β-amino-alcohol motifs (C(OH)–C–C–N with tert-alkyl or cyclic N) is 1. The average Bonchev–Trinajstić information content (AvgIpc) is 3.05. The number of aryl methyl sites for hydroxylation is 2. The summed E-state index contributed by atoms with van der Waals surface area (Å²) >= 11 is 0. The number of nitrogens with one attached hydrogen (secondary N) is 2. The fourth-order valence-corrected chi connectivity index (χ4v) is 3.91. The van der Waals surface area contributed by atoms with Gasteiger partial charge in [-0.15, -0.1) is 24.0 Å². The Kier molecular flexibility index (Phi) is 10.7. The van der Waals surface area contributed by atoms with E-state index in [9.17, 15) is 9.90 Å². The van der Waals surface area contributed by atoms with E-state index in [0.29, 0.717) is 45.4 Å². The predicted octanol–water partition coefficient (Wildman–Crippen LogP) is 0.0275. The zero-order valence-corrected chi connectivity index (χ0v) is 21.1. The molecule has 1 atom stereocenters. The summed E-state index contributed by atoms with van der Waals surface area (Å²) in [6.45, 7) is 10.6. The van der Waals surface area contributed by atoms with Crippen LogP contribution in [0.15, 0.2) is 9.79 Å². The van der Waals surface area contributed by atoms with Crippen molar-refractivity contribution in [2.24, 2.45) is 4.99 Å². The van der Waals surface area contributed by atoms with Gasteiger partial charge in [-0.25, -0.2) is 9.48 Å². The van der Waals surface area contributed by atoms with Crippen LogP contribution in [0.1, 0.15) is 38.9 Å². The number of hydrogen-bond donors (Lipinski definition) is 3. The SMILES string of the molecule is CCNC(=NCC(C)(O)CN1CCOCC1)NCCCn1nc2n(c1=O)CCCC2.I. The van der Waals surface area contributed by atoms with Crippen LogP contribution in [0.3, 0.4) is 0 Å². The summed E-state index contributed by atoms with van der Waals surface area (Å²) in [7, 11) is 0. The first-order valence-electron chi connectivity index (χ1n) is 11.2. The molecule has 3 rings (SSSR count). The highest BCUT2D eigenvalue weighted by atomic mass is 127. The number of morpholine rings is 1. The molecule has 2 aliphatic heterocycles. The maximum absolute atomic E-state index is 12.4. The fourth-order valence-electron chi connectivity index (χ4n) is 3.91. The Hall–Kier alpha value is -1.18. The number of aromatic nitrogens is 3. The molecule has 0 aliphatic carbocycles. The highest BCUT2D eigenvalue weighted by Crippen LogP contribution is 2.10. The van der Waals surface area contributed by atoms with Crippen LogP contribution >= 0.6 is 24.0 Å². The van der Waals surface area contributed by atoms with E-state index in [2.05, 4.69) is 25.6 Å². The van der Waals surface area contributed by atoms with E-state index in [1.54, 1.807) is 9.25 Å². The Morgan fingerprint density at radius 3 is 2.74 bits per heavy atom. The van der Waals surface area contributed by atoms with Crippen molar-refractivity contribution in [1.82, 2.24) is 29.9 Å². The first kappa shape index (κ1) is 26.1. The maximum atomic E-state index is 12.4. The number of hydrogen-bond acceptors (Lipinski definition) is 6. The van der Waals surface area contributed by atoms with E-state index < -0.39 is 5.60 Å². The van der Waals surface area contributed by atoms with Crippen molar-refractivity contribution >= 4 is 29.9 Å². The molecule has 0 radical (unpaired) electrons. The van der Waals surface area contributed by atoms with E-state index in [1.165, 1.54) is 0 Å². The zero-order chi connectivity index (χ0) is 21.4. The molecule has 11 heteroatoms. The minimum absolute atomic E-state index is 0. The Morgan fingerprint density at radius 2 is 2.03 bits per heavy atom. The van der Waals surface area contributed by atoms with Crippen LogP contribution in [0.4, 0.5) is 0 Å². The van der Waals surface area contributed by atoms with Gasteiger partial charge < -0.3 is 20.5 Å². The number of fused-ring (bicyclic) bond motifs is 1. The first-order chi connectivity index (χ1) is 14.5. The lowest BCUT2D eigenvalue weighted by atomic mass is 10.1. The molecule has 1 fully saturated rings. The molecule has 2 aliphatic rings. The van der Waals surface area contributed by atoms with Crippen molar-refractivity contribution in [3.63, 3.8) is 0 Å². The third-order valence-electron chi connectivity index (χ3n) is 5.46. The normalized spacial score (nSPS) is 19.3. The molecule has 0 amide bonds. The molecule has 0 aromatic carbocycles. The third kappa shape index (κ3) is 8.03. The van der Waals surface area contributed by atoms with Crippen LogP contribution in [0.2, 0.25) is 0 Å². The minimum Gasteiger partial charge on any atom is -0.387 e. The van der Waals surface area contributed by atoms with E-state index in [1.807, 2.05) is 13.8 Å². The van der Waals surface area contributed by atoms with Gasteiger partial charge in [0.2, 0.25) is 0 Å². The van der Waals surface area contributed by atoms with Gasteiger partial charge in [0.25, 0.3) is 0 Å². The molecular formula is C20H38IN7O3. The number of aliphatic imine (C=N–C) groups is 1. The molecule has 0 spiro atoms. The minimum atomic E-state index is -0.900. The molecule has 1 aromatic rings. The van der Waals surface area contributed by atoms with Crippen LogP contribution in [0.25, 0.3) is 0 Å². The summed E-state index contributed by atoms with van der Waals surface area (Å²) < 4.78 is 8.75. The summed E-state index contributed by atoms with van der Waals surface area (Å²) in [6, 6.07) is 0. The van der Waals surface area contributed by atoms with Crippen molar-refractivity contribution < 1.29 is 9.84 Å². The van der Waals surface area contributed by atoms with Gasteiger partial charge in [0.1, 0.15) is 5.82 Å². The third-order valence-corrected chi connectivity index (χ3v) is 5.46. The molecule has 0 bridgehead atoms. The molecule has 31 heavy (non-hydrogen) atoms. The van der Waals surface area contributed by atoms with Gasteiger partial charge in [-0.3, -0.25) is 14.5 Å². The molecule has 1 unspecified atom stereocenters. The van der Waals surface area contributed by atoms with Gasteiger partial charge in [0, 0.05) is 52.2 Å². The van der Waals surface area contributed by atoms with Crippen LogP contribution in [0.5, 0.6) is 0 Å². The van der Waals surface area contributed by atoms with Crippen molar-refractivity contribution in [1.29, 1.82) is 0 Å². The quantitative estimate of drug-likeness (QED) is 0.172. The second kappa shape index (κ2) is 12.8. The Morgan fingerprint density at radius 1 is 1.26 bits per heavy atom. The standard InChI is InChI=1S/C20H37N7O3.HI/c1-3-21-18(23-15-20(2,29)16-25-11-13-30-14-12-25)22-8-6-10-27-19(28)26-9-5-4-7-17(26)24-27;/h29H,3-16H2,1-2H3,(H2,21,22,23);1H. The topological polar surface area (TPSA) is 109 Å². The van der Waals surface area contributed by atoms with Gasteiger partial charge in [0.15, 0.2) is 5.96 Å². The number of ether oxygens (including phenoxy) is 1. The van der Waals surface area contributed by atoms with E-state index in [0.717, 1.165) is 57.7 Å². The smallest absolute Gasteiger partial charge is 0.345 e. The van der Waals surface area contributed by atoms with E-state index >= 15 is 0 Å². The van der Waals surface area contributed by atoms with E-state index in [4.69, 9.17) is 4.74 Å². The van der Waals surface area contributed by atoms with Gasteiger partial charge in [-0.05, 0) is 33.1 Å². The lowest BCUT2D eigenvalue weighted by Gasteiger charge is -2.33. The number of aliphatic hydroxyl groups is 1. The number of halogens is 1. The highest BCUT2D eigenvalue weighted by Gasteiger charge is 2.25. The molecule has 10 nitrogen and oxygen atoms in total. The fraction of sp³-hybridized carbons (Fsp3) is 0.850. The molecular weight excluding hydrogens is 513 g/mol. The molecule has 3 heterocycles. The van der Waals surface area contributed by atoms with Crippen molar-refractivity contribution in [2.75, 3.05) is 52.5 Å². The largest absolute Gasteiger partial charge is 0.387 e. The number of nitrogens with zero attached hydrogens (tertiary/aromatic N) is 5. The summed E-state index contributed by atoms with van der Waals surface area (Å²) in [5.41, 5.74) is -0.896. The van der Waals surface area contributed by atoms with Crippen molar-refractivity contribution in [3.05, 3.63) is 16.3 Å². The van der Waals surface area contributed by atoms with Gasteiger partial charge >= 0.3 is 5.69 Å². The van der Waals surface area contributed by atoms with Crippen molar-refractivity contribution in [2.45, 2.75) is 58.2 Å². The molecule has 3 N–H and O–H groups in total. The van der Waals surface area contributed by atoms with Gasteiger partial charge in [0.05, 0.1) is 25.4 Å². The van der Waals surface area contributed by atoms with Crippen LogP contribution in [0, 0.1) is 0 Å². The van der Waals surface area contributed by atoms with Crippen LogP contribution in [-0.4, -0.2) is 88.4 Å². The summed E-state index contributed by atoms with van der Waals surface area (Å²) in [6.07, 6.45) is 3.82. The van der Waals surface area contributed by atoms with E-state index in [-0.39, 0.29) is 29.7 Å². The number of rotatable bonds is 9. The van der Waals surface area contributed by atoms with Gasteiger partial charge in [-0.1, -0.05) is 0 Å². The van der Waals surface area contributed by atoms with Crippen LogP contribution in [-0.2, 0) is 24.2 Å². The molecule has 178 valence electrons. The molecule has 1 saturated heterocycles. The van der Waals surface area contributed by atoms with Crippen molar-refractivity contribution in [3.8, 4) is 0 Å². The Balaban J connectivity index is 0.00000341. The Labute approximate surface area is 201 Å². The predicted molar refractivity (Wildman–Crippen MR) is 131 cm³/mol. The maximum Gasteiger partial charge on any atom is 0.345 e. The second-order valence-corrected chi connectivity index (χ2v) is 8.39. The zero-order valence-electron chi connectivity index (χ0n) is 18.8. The average molecular weight is 551 g/mol. The lowest BCUT2D eigenvalue weighted by molar-refractivity contribution is -0.0179. The Bertz CT molecular complexity index is 756. The number of guanidine groups is 1. The lowest BCUT2D eigenvalue weighted by Crippen LogP contribution is -2.48. The molecule has 1 aromatic heterocycles. The summed E-state index contributed by atoms with van der Waals surface area (Å²) in [5.74, 6) is 1.59. The summed E-state index contributed by atoms with van der Waals surface area (Å²) in [5, 5.41) is 21.7. The highest BCUT2D eigenvalue weighted by molar-refractivity contribution is 14.0. The molecule has 0 saturated carbocycles. The van der Waals surface area contributed by atoms with Crippen LogP contribution < -0.4 is 16.3 Å². The van der Waals surface area contributed by atoms with Gasteiger partial charge in [-0.2, -0.15) is 5.10 Å². The summed E-state index contributed by atoms with van der Waals surface area (Å²) in [4.78, 5) is 19.2.